The number of aromatic amines is 1. The fourth-order valence-corrected chi connectivity index (χ4v) is 4.12. The largest absolute Gasteiger partial charge is 0.409 e. The summed E-state index contributed by atoms with van der Waals surface area (Å²) in [5, 5.41) is 0. The first-order valence-corrected chi connectivity index (χ1v) is 11.4. The molecule has 5 rings (SSSR count). The van der Waals surface area contributed by atoms with Crippen LogP contribution in [0, 0.1) is 6.92 Å². The number of alkyl halides is 3. The van der Waals surface area contributed by atoms with Crippen molar-refractivity contribution in [1.82, 2.24) is 24.5 Å². The maximum absolute atomic E-state index is 13.9. The Kier molecular flexibility index (Phi) is 7.38. The molecule has 0 spiro atoms. The molecule has 0 bridgehead atoms. The van der Waals surface area contributed by atoms with Crippen molar-refractivity contribution in [1.29, 1.82) is 0 Å². The monoisotopic (exact) mass is 505 g/mol. The van der Waals surface area contributed by atoms with Crippen LogP contribution in [0.4, 0.5) is 30.6 Å². The molecule has 192 valence electrons. The molecule has 0 radical (unpaired) electrons. The van der Waals surface area contributed by atoms with Crippen LogP contribution in [0.3, 0.4) is 0 Å². The highest BCUT2D eigenvalue weighted by molar-refractivity contribution is 5.61. The molecular formula is C23H26F3N7O3. The minimum absolute atomic E-state index is 0.00887. The number of hydrogen-bond donors (Lipinski definition) is 1. The van der Waals surface area contributed by atoms with Crippen molar-refractivity contribution >= 4 is 17.5 Å². The molecule has 2 atom stereocenters. The van der Waals surface area contributed by atoms with Crippen LogP contribution >= 0.6 is 0 Å². The number of morpholine rings is 1. The highest BCUT2D eigenvalue weighted by Crippen LogP contribution is 2.39. The van der Waals surface area contributed by atoms with Gasteiger partial charge in [0.05, 0.1) is 37.5 Å². The zero-order valence-electron chi connectivity index (χ0n) is 19.8. The molecule has 0 aromatic carbocycles. The fraction of sp³-hybridized carbons (Fsp3) is 0.435. The van der Waals surface area contributed by atoms with E-state index in [0.717, 1.165) is 4.90 Å². The Balaban J connectivity index is 0.000000375. The first-order valence-electron chi connectivity index (χ1n) is 11.4. The second-order valence-electron chi connectivity index (χ2n) is 8.50. The number of H-pyrrole nitrogens is 1. The van der Waals surface area contributed by atoms with Gasteiger partial charge in [0.2, 0.25) is 5.95 Å². The topological polar surface area (TPSA) is 109 Å². The molecule has 5 heterocycles. The SMILES string of the molecule is Cc1ccc(N2c3nc(N4CCOC[C@H]4C)cc(=O)n3CC[C@H]2C(F)(F)F)cn1.O=c1ccnc[nH]1. The number of anilines is 3. The van der Waals surface area contributed by atoms with Gasteiger partial charge in [-0.3, -0.25) is 24.0 Å². The van der Waals surface area contributed by atoms with E-state index in [-0.39, 0.29) is 41.8 Å². The molecule has 0 amide bonds. The lowest BCUT2D eigenvalue weighted by molar-refractivity contribution is -0.150. The molecule has 3 aromatic rings. The van der Waals surface area contributed by atoms with Crippen LogP contribution in [0.1, 0.15) is 19.0 Å². The number of fused-ring (bicyclic) bond motifs is 1. The van der Waals surface area contributed by atoms with Crippen LogP contribution in [0.5, 0.6) is 0 Å². The number of hydrogen-bond acceptors (Lipinski definition) is 8. The molecule has 36 heavy (non-hydrogen) atoms. The number of rotatable bonds is 2. The zero-order valence-corrected chi connectivity index (χ0v) is 19.8. The minimum Gasteiger partial charge on any atom is -0.377 e. The second kappa shape index (κ2) is 10.5. The van der Waals surface area contributed by atoms with Gasteiger partial charge in [-0.1, -0.05) is 0 Å². The van der Waals surface area contributed by atoms with E-state index in [1.165, 1.54) is 35.4 Å². The van der Waals surface area contributed by atoms with Crippen LogP contribution in [-0.4, -0.2) is 62.5 Å². The van der Waals surface area contributed by atoms with Crippen LogP contribution in [-0.2, 0) is 11.3 Å². The molecular weight excluding hydrogens is 479 g/mol. The molecule has 13 heteroatoms. The van der Waals surface area contributed by atoms with E-state index < -0.39 is 12.2 Å². The maximum atomic E-state index is 13.9. The highest BCUT2D eigenvalue weighted by Gasteiger charge is 2.47. The standard InChI is InChI=1S/C19H22F3N5O2.C4H4N2O/c1-12-3-4-14(10-23-12)27-15(19(20,21)22)5-6-26-17(28)9-16(24-18(26)27)25-7-8-29-11-13(25)2;7-4-1-2-5-3-6-4/h3-4,9-10,13,15H,5-8,11H2,1-2H3;1-3H,(H,5,6,7)/t13-,15+;/m1./s1. The maximum Gasteiger partial charge on any atom is 0.409 e. The van der Waals surface area contributed by atoms with Crippen molar-refractivity contribution in [2.24, 2.45) is 0 Å². The summed E-state index contributed by atoms with van der Waals surface area (Å²) in [7, 11) is 0. The Labute approximate surface area is 204 Å². The van der Waals surface area contributed by atoms with E-state index in [0.29, 0.717) is 31.3 Å². The predicted octanol–water partition coefficient (Wildman–Crippen LogP) is 2.41. The van der Waals surface area contributed by atoms with E-state index in [1.807, 2.05) is 11.8 Å². The average molecular weight is 506 g/mol. The highest BCUT2D eigenvalue weighted by atomic mass is 19.4. The third-order valence-corrected chi connectivity index (χ3v) is 5.93. The average Bonchev–Trinajstić information content (AvgIpc) is 2.84. The summed E-state index contributed by atoms with van der Waals surface area (Å²) in [6.45, 7) is 5.11. The fourth-order valence-electron chi connectivity index (χ4n) is 4.12. The molecule has 2 aliphatic heterocycles. The Morgan fingerprint density at radius 3 is 2.56 bits per heavy atom. The second-order valence-corrected chi connectivity index (χ2v) is 8.50. The number of nitrogens with one attached hydrogen (secondary N) is 1. The van der Waals surface area contributed by atoms with E-state index in [9.17, 15) is 22.8 Å². The summed E-state index contributed by atoms with van der Waals surface area (Å²) in [5.41, 5.74) is 0.463. The molecule has 1 fully saturated rings. The lowest BCUT2D eigenvalue weighted by Crippen LogP contribution is -2.51. The van der Waals surface area contributed by atoms with Crippen molar-refractivity contribution in [2.45, 2.75) is 45.1 Å². The lowest BCUT2D eigenvalue weighted by Gasteiger charge is -2.40. The number of nitrogens with zero attached hydrogens (tertiary/aromatic N) is 6. The summed E-state index contributed by atoms with van der Waals surface area (Å²) in [4.78, 5) is 40.5. The molecule has 2 aliphatic rings. The Hall–Kier alpha value is -3.74. The van der Waals surface area contributed by atoms with Crippen LogP contribution < -0.4 is 20.9 Å². The van der Waals surface area contributed by atoms with Gasteiger partial charge in [0.25, 0.3) is 11.1 Å². The Morgan fingerprint density at radius 1 is 1.17 bits per heavy atom. The van der Waals surface area contributed by atoms with E-state index >= 15 is 0 Å². The lowest BCUT2D eigenvalue weighted by atomic mass is 10.1. The number of halogens is 3. The predicted molar refractivity (Wildman–Crippen MR) is 127 cm³/mol. The molecule has 1 N–H and O–H groups in total. The van der Waals surface area contributed by atoms with Crippen molar-refractivity contribution < 1.29 is 17.9 Å². The van der Waals surface area contributed by atoms with Gasteiger partial charge >= 0.3 is 6.18 Å². The molecule has 0 saturated carbocycles. The molecule has 10 nitrogen and oxygen atoms in total. The van der Waals surface area contributed by atoms with Crippen molar-refractivity contribution in [3.8, 4) is 0 Å². The molecule has 0 unspecified atom stereocenters. The minimum atomic E-state index is -4.48. The summed E-state index contributed by atoms with van der Waals surface area (Å²) < 4.78 is 48.3. The number of pyridine rings is 1. The van der Waals surface area contributed by atoms with Crippen LogP contribution in [0.25, 0.3) is 0 Å². The van der Waals surface area contributed by atoms with Gasteiger partial charge in [-0.2, -0.15) is 18.2 Å². The van der Waals surface area contributed by atoms with Gasteiger partial charge in [-0.25, -0.2) is 4.98 Å². The Morgan fingerprint density at radius 2 is 1.97 bits per heavy atom. The summed E-state index contributed by atoms with van der Waals surface area (Å²) in [6, 6.07) is 4.16. The van der Waals surface area contributed by atoms with Crippen LogP contribution in [0.15, 0.2) is 52.6 Å². The molecule has 0 aliphatic carbocycles. The van der Waals surface area contributed by atoms with Crippen molar-refractivity contribution in [3.63, 3.8) is 0 Å². The van der Waals surface area contributed by atoms with E-state index in [4.69, 9.17) is 4.74 Å². The van der Waals surface area contributed by atoms with E-state index in [2.05, 4.69) is 19.9 Å². The summed E-state index contributed by atoms with van der Waals surface area (Å²) in [5.74, 6) is 0.357. The number of ether oxygens (including phenoxy) is 1. The Bertz CT molecular complexity index is 1280. The summed E-state index contributed by atoms with van der Waals surface area (Å²) in [6.07, 6.45) is -0.531. The van der Waals surface area contributed by atoms with Gasteiger partial charge < -0.3 is 14.6 Å². The first-order chi connectivity index (χ1) is 17.1. The van der Waals surface area contributed by atoms with Gasteiger partial charge in [-0.05, 0) is 32.4 Å². The van der Waals surface area contributed by atoms with Gasteiger partial charge in [-0.15, -0.1) is 0 Å². The van der Waals surface area contributed by atoms with Crippen molar-refractivity contribution in [2.75, 3.05) is 29.6 Å². The van der Waals surface area contributed by atoms with Crippen LogP contribution in [0.2, 0.25) is 0 Å². The third-order valence-electron chi connectivity index (χ3n) is 5.93. The molecule has 3 aromatic heterocycles. The zero-order chi connectivity index (χ0) is 25.9. The normalized spacial score (nSPS) is 19.8. The first kappa shape index (κ1) is 25.4. The molecule has 1 saturated heterocycles. The smallest absolute Gasteiger partial charge is 0.377 e. The van der Waals surface area contributed by atoms with Gasteiger partial charge in [0, 0.05) is 37.1 Å². The summed E-state index contributed by atoms with van der Waals surface area (Å²) >= 11 is 0. The quantitative estimate of drug-likeness (QED) is 0.566. The number of aryl methyl sites for hydroxylation is 1. The van der Waals surface area contributed by atoms with Gasteiger partial charge in [0.1, 0.15) is 11.9 Å². The number of aromatic nitrogens is 5. The van der Waals surface area contributed by atoms with E-state index in [1.54, 1.807) is 19.1 Å². The third kappa shape index (κ3) is 5.56. The van der Waals surface area contributed by atoms with Crippen molar-refractivity contribution in [3.05, 3.63) is 69.4 Å². The van der Waals surface area contributed by atoms with Gasteiger partial charge in [0.15, 0.2) is 0 Å².